The number of nitrogens with one attached hydrogen (secondary N) is 3. The molecule has 12 nitrogen and oxygen atoms in total. The Morgan fingerprint density at radius 3 is 1.96 bits per heavy atom. The molecule has 0 aliphatic carbocycles. The molecule has 0 radical (unpaired) electrons. The number of fused-ring (bicyclic) bond motifs is 1. The molecule has 0 bridgehead atoms. The maximum atomic E-state index is 14.9. The number of benzene rings is 6. The topological polar surface area (TPSA) is 171 Å². The van der Waals surface area contributed by atoms with E-state index in [1.165, 1.54) is 65.0 Å². The number of hydrazine groups is 1. The first-order valence-electron chi connectivity index (χ1n) is 21.4. The van der Waals surface area contributed by atoms with Crippen molar-refractivity contribution in [3.8, 4) is 0 Å². The van der Waals surface area contributed by atoms with E-state index in [0.717, 1.165) is 28.5 Å². The van der Waals surface area contributed by atoms with Gasteiger partial charge < -0.3 is 16.4 Å². The molecule has 0 fully saturated rings. The molecule has 2 amide bonds. The van der Waals surface area contributed by atoms with Crippen molar-refractivity contribution >= 4 is 77.8 Å². The molecule has 67 heavy (non-hydrogen) atoms. The van der Waals surface area contributed by atoms with Crippen LogP contribution in [0, 0.1) is 25.5 Å². The number of nitrogens with two attached hydrogens (primary N) is 1. The number of carbonyl (C=O) groups is 2. The van der Waals surface area contributed by atoms with Crippen molar-refractivity contribution < 1.29 is 35.2 Å². The summed E-state index contributed by atoms with van der Waals surface area (Å²) >= 11 is 12.4. The smallest absolute Gasteiger partial charge is 0.278 e. The third-order valence-electron chi connectivity index (χ3n) is 11.5. The Labute approximate surface area is 399 Å². The van der Waals surface area contributed by atoms with Gasteiger partial charge in [-0.25, -0.2) is 22.6 Å². The van der Waals surface area contributed by atoms with Crippen LogP contribution in [0.2, 0.25) is 10.0 Å². The van der Waals surface area contributed by atoms with Crippen LogP contribution in [0.5, 0.6) is 0 Å². The van der Waals surface area contributed by atoms with E-state index >= 15 is 0 Å². The lowest BCUT2D eigenvalue weighted by molar-refractivity contribution is 0.101. The van der Waals surface area contributed by atoms with Crippen LogP contribution in [0.1, 0.15) is 93.2 Å². The lowest BCUT2D eigenvalue weighted by Crippen LogP contribution is -2.38. The Morgan fingerprint density at radius 1 is 0.776 bits per heavy atom. The number of rotatable bonds is 16. The fourth-order valence-electron chi connectivity index (χ4n) is 7.96. The molecule has 0 saturated carbocycles. The van der Waals surface area contributed by atoms with Gasteiger partial charge in [-0.2, -0.15) is 12.8 Å². The Morgan fingerprint density at radius 2 is 1.37 bits per heavy atom. The molecule has 1 heterocycles. The molecule has 1 atom stereocenters. The molecule has 0 aromatic heterocycles. The summed E-state index contributed by atoms with van der Waals surface area (Å²) in [5, 5.41) is 5.05. The number of halogens is 4. The molecule has 1 aliphatic rings. The number of amides is 2. The minimum atomic E-state index is -4.44. The van der Waals surface area contributed by atoms with E-state index in [4.69, 9.17) is 28.9 Å². The fraction of sp³-hybridized carbons (Fsp3) is 0.224. The summed E-state index contributed by atoms with van der Waals surface area (Å²) in [7, 11) is -8.74. The summed E-state index contributed by atoms with van der Waals surface area (Å²) in [6.07, 6.45) is 2.61. The Bertz CT molecular complexity index is 3080. The van der Waals surface area contributed by atoms with Gasteiger partial charge in [0.1, 0.15) is 11.6 Å². The van der Waals surface area contributed by atoms with E-state index in [2.05, 4.69) is 16.1 Å². The average molecular weight is 990 g/mol. The minimum Gasteiger partial charge on any atom is -0.322 e. The molecule has 18 heteroatoms. The summed E-state index contributed by atoms with van der Waals surface area (Å²) in [6, 6.07) is 25.5. The highest BCUT2D eigenvalue weighted by Gasteiger charge is 2.35. The molecule has 7 rings (SSSR count). The molecular formula is C49H48Cl2F2N6O6S2. The summed E-state index contributed by atoms with van der Waals surface area (Å²) < 4.78 is 91.0. The van der Waals surface area contributed by atoms with Crippen molar-refractivity contribution in [2.75, 3.05) is 25.9 Å². The molecule has 0 saturated heterocycles. The zero-order chi connectivity index (χ0) is 48.4. The van der Waals surface area contributed by atoms with Gasteiger partial charge in [-0.05, 0) is 127 Å². The molecule has 5 N–H and O–H groups in total. The maximum absolute atomic E-state index is 14.9. The van der Waals surface area contributed by atoms with Crippen molar-refractivity contribution in [1.82, 2.24) is 5.43 Å². The highest BCUT2D eigenvalue weighted by Crippen LogP contribution is 2.40. The average Bonchev–Trinajstić information content (AvgIpc) is 3.72. The molecule has 1 unspecified atom stereocenters. The first-order chi connectivity index (χ1) is 31.9. The van der Waals surface area contributed by atoms with Crippen LogP contribution in [0.3, 0.4) is 0 Å². The van der Waals surface area contributed by atoms with E-state index < -0.39 is 55.1 Å². The quantitative estimate of drug-likeness (QED) is 0.0694. The normalized spacial score (nSPS) is 13.0. The fourth-order valence-corrected chi connectivity index (χ4v) is 11.7. The zero-order valence-electron chi connectivity index (χ0n) is 37.0. The molecule has 0 spiro atoms. The van der Waals surface area contributed by atoms with Crippen molar-refractivity contribution in [1.29, 1.82) is 0 Å². The first-order valence-corrected chi connectivity index (χ1v) is 25.1. The van der Waals surface area contributed by atoms with Gasteiger partial charge in [-0.15, -0.1) is 0 Å². The predicted octanol–water partition coefficient (Wildman–Crippen LogP) is 10.6. The van der Waals surface area contributed by atoms with E-state index in [1.807, 2.05) is 13.8 Å². The van der Waals surface area contributed by atoms with Crippen LogP contribution in [0.4, 0.5) is 31.5 Å². The van der Waals surface area contributed by atoms with E-state index in [-0.39, 0.29) is 72.4 Å². The summed E-state index contributed by atoms with van der Waals surface area (Å²) in [5.41, 5.74) is 12.9. The van der Waals surface area contributed by atoms with E-state index in [1.54, 1.807) is 50.2 Å². The third kappa shape index (κ3) is 10.1. The van der Waals surface area contributed by atoms with Crippen molar-refractivity contribution in [2.24, 2.45) is 5.73 Å². The number of anilines is 4. The summed E-state index contributed by atoms with van der Waals surface area (Å²) in [5.74, 6) is -3.37. The second-order valence-corrected chi connectivity index (χ2v) is 20.5. The summed E-state index contributed by atoms with van der Waals surface area (Å²) in [6.45, 7) is 7.39. The number of hydrogen-bond donors (Lipinski definition) is 4. The minimum absolute atomic E-state index is 0.0181. The number of carbonyl (C=O) groups excluding carboxylic acids is 2. The van der Waals surface area contributed by atoms with Gasteiger partial charge in [0.25, 0.3) is 31.9 Å². The number of unbranched alkanes of at least 4 members (excludes halogenated alkanes) is 2. The molecule has 350 valence electrons. The zero-order valence-corrected chi connectivity index (χ0v) is 40.1. The Balaban J connectivity index is 1.31. The Kier molecular flexibility index (Phi) is 14.7. The predicted molar refractivity (Wildman–Crippen MR) is 260 cm³/mol. The molecule has 1 aliphatic heterocycles. The van der Waals surface area contributed by atoms with Gasteiger partial charge in [0.15, 0.2) is 0 Å². The van der Waals surface area contributed by atoms with Gasteiger partial charge >= 0.3 is 0 Å². The highest BCUT2D eigenvalue weighted by molar-refractivity contribution is 7.93. The van der Waals surface area contributed by atoms with Crippen LogP contribution >= 0.6 is 23.2 Å². The van der Waals surface area contributed by atoms with Gasteiger partial charge in [-0.3, -0.25) is 13.9 Å². The van der Waals surface area contributed by atoms with E-state index in [9.17, 15) is 35.2 Å². The van der Waals surface area contributed by atoms with Gasteiger partial charge in [0, 0.05) is 24.5 Å². The second-order valence-electron chi connectivity index (χ2n) is 16.1. The van der Waals surface area contributed by atoms with Crippen LogP contribution < -0.4 is 30.5 Å². The third-order valence-corrected chi connectivity index (χ3v) is 15.8. The van der Waals surface area contributed by atoms with Crippen molar-refractivity contribution in [2.45, 2.75) is 75.8 Å². The highest BCUT2D eigenvalue weighted by atomic mass is 35.5. The SMILES string of the molecule is CCCCCN(c1cc(NC(=O)c2c(F)cccc2Cl)ccc1C(N)c1cc(C)cc(S(=O)(=O)N2NCc3ccc(NC(=O)c4c(F)cccc4Cl)cc32)c1C)S(=O)(=O)c1ccc(CC)cc1. The van der Waals surface area contributed by atoms with E-state index in [0.29, 0.717) is 36.0 Å². The van der Waals surface area contributed by atoms with Gasteiger partial charge in [-0.1, -0.05) is 92.4 Å². The van der Waals surface area contributed by atoms with Gasteiger partial charge in [0.05, 0.1) is 48.4 Å². The largest absolute Gasteiger partial charge is 0.322 e. The van der Waals surface area contributed by atoms with Crippen molar-refractivity contribution in [3.63, 3.8) is 0 Å². The van der Waals surface area contributed by atoms with Crippen LogP contribution in [-0.4, -0.2) is 35.2 Å². The lowest BCUT2D eigenvalue weighted by Gasteiger charge is -2.30. The Hall–Kier alpha value is -5.88. The number of aryl methyl sites for hydroxylation is 2. The number of nitrogens with zero attached hydrogens (tertiary/aromatic N) is 2. The summed E-state index contributed by atoms with van der Waals surface area (Å²) in [4.78, 5) is 26.5. The van der Waals surface area contributed by atoms with Crippen molar-refractivity contribution in [3.05, 3.63) is 175 Å². The van der Waals surface area contributed by atoms with Gasteiger partial charge in [0.2, 0.25) is 0 Å². The second kappa shape index (κ2) is 20.1. The monoisotopic (exact) mass is 988 g/mol. The number of hydrogen-bond acceptors (Lipinski definition) is 8. The number of sulfonamides is 2. The lowest BCUT2D eigenvalue weighted by atomic mass is 9.92. The van der Waals surface area contributed by atoms with Crippen LogP contribution in [0.15, 0.2) is 119 Å². The molecule has 6 aromatic rings. The van der Waals surface area contributed by atoms with Crippen LogP contribution in [0.25, 0.3) is 0 Å². The molecule has 6 aromatic carbocycles. The van der Waals surface area contributed by atoms with Crippen LogP contribution in [-0.2, 0) is 33.0 Å². The molecular weight excluding hydrogens is 942 g/mol. The standard InChI is InChI=1S/C49H48Cl2F2N6O6S2/c1-5-7-8-23-58(66(62,63)35-20-15-31(6-2)16-21-35)43-27-34(57-49(61)46-39(51)12-10-14-41(46)53)19-22-36(43)47(54)37-24-29(3)25-44(30(37)4)67(64,65)59-42-26-33(18-17-32(42)28-55-59)56-48(60)45-38(50)11-9-13-40(45)52/h9-22,24-27,47,55H,5-8,23,28,54H2,1-4H3,(H,56,60)(H,57,61). The first kappa shape index (κ1) is 49.0. The maximum Gasteiger partial charge on any atom is 0.278 e.